The highest BCUT2D eigenvalue weighted by molar-refractivity contribution is 6.09. The van der Waals surface area contributed by atoms with Gasteiger partial charge >= 0.3 is 0 Å². The maximum atomic E-state index is 6.33. The molecule has 4 aromatic carbocycles. The number of fused-ring (bicyclic) bond motifs is 3. The van der Waals surface area contributed by atoms with Crippen LogP contribution in [0.15, 0.2) is 89.3 Å². The van der Waals surface area contributed by atoms with Gasteiger partial charge in [-0.25, -0.2) is 0 Å². The summed E-state index contributed by atoms with van der Waals surface area (Å²) in [7, 11) is 0. The van der Waals surface area contributed by atoms with Crippen molar-refractivity contribution in [2.24, 2.45) is 0 Å². The molecule has 2 nitrogen and oxygen atoms in total. The van der Waals surface area contributed by atoms with Crippen LogP contribution in [0.1, 0.15) is 16.7 Å². The summed E-state index contributed by atoms with van der Waals surface area (Å²) < 4.78 is 6.33. The molecule has 0 bridgehead atoms. The van der Waals surface area contributed by atoms with Crippen molar-refractivity contribution in [2.75, 3.05) is 4.90 Å². The normalized spacial score (nSPS) is 11.3. The van der Waals surface area contributed by atoms with Gasteiger partial charge in [-0.3, -0.25) is 0 Å². The summed E-state index contributed by atoms with van der Waals surface area (Å²) in [6.07, 6.45) is 0. The van der Waals surface area contributed by atoms with E-state index in [0.29, 0.717) is 0 Å². The standard InChI is InChI=1S/C27H23NO/c1-18-14-19(2)26-24(15-18)29-25-17-23(16-20(3)27(25)26)28(21-10-6-4-7-11-21)22-12-8-5-9-13-22/h4-17H,1-3H3. The van der Waals surface area contributed by atoms with E-state index in [1.165, 1.54) is 27.5 Å². The van der Waals surface area contributed by atoms with Gasteiger partial charge in [-0.1, -0.05) is 42.5 Å². The first-order valence-corrected chi connectivity index (χ1v) is 9.96. The van der Waals surface area contributed by atoms with Crippen molar-refractivity contribution >= 4 is 39.0 Å². The molecule has 2 heteroatoms. The smallest absolute Gasteiger partial charge is 0.137 e. The van der Waals surface area contributed by atoms with Crippen molar-refractivity contribution < 1.29 is 4.42 Å². The fourth-order valence-corrected chi connectivity index (χ4v) is 4.32. The maximum Gasteiger partial charge on any atom is 0.137 e. The van der Waals surface area contributed by atoms with E-state index in [4.69, 9.17) is 4.42 Å². The predicted octanol–water partition coefficient (Wildman–Crippen LogP) is 7.98. The van der Waals surface area contributed by atoms with Gasteiger partial charge in [0.2, 0.25) is 0 Å². The number of hydrogen-bond donors (Lipinski definition) is 0. The zero-order valence-corrected chi connectivity index (χ0v) is 16.9. The van der Waals surface area contributed by atoms with Gasteiger partial charge in [0.15, 0.2) is 0 Å². The fraction of sp³-hybridized carbons (Fsp3) is 0.111. The van der Waals surface area contributed by atoms with Crippen LogP contribution in [0.25, 0.3) is 21.9 Å². The first kappa shape index (κ1) is 17.6. The number of aryl methyl sites for hydroxylation is 3. The van der Waals surface area contributed by atoms with Crippen LogP contribution in [-0.2, 0) is 0 Å². The Morgan fingerprint density at radius 2 is 1.07 bits per heavy atom. The average Bonchev–Trinajstić information content (AvgIpc) is 3.09. The van der Waals surface area contributed by atoms with Crippen molar-refractivity contribution in [2.45, 2.75) is 20.8 Å². The van der Waals surface area contributed by atoms with E-state index < -0.39 is 0 Å². The molecule has 0 aliphatic heterocycles. The topological polar surface area (TPSA) is 16.4 Å². The van der Waals surface area contributed by atoms with Crippen molar-refractivity contribution in [3.05, 3.63) is 102 Å². The minimum Gasteiger partial charge on any atom is -0.456 e. The minimum atomic E-state index is 0.931. The Hall–Kier alpha value is -3.52. The minimum absolute atomic E-state index is 0.931. The monoisotopic (exact) mass is 377 g/mol. The van der Waals surface area contributed by atoms with Gasteiger partial charge in [-0.15, -0.1) is 0 Å². The summed E-state index contributed by atoms with van der Waals surface area (Å²) >= 11 is 0. The number of rotatable bonds is 3. The summed E-state index contributed by atoms with van der Waals surface area (Å²) in [4.78, 5) is 2.28. The van der Waals surface area contributed by atoms with Gasteiger partial charge < -0.3 is 9.32 Å². The lowest BCUT2D eigenvalue weighted by molar-refractivity contribution is 0.668. The molecule has 0 saturated carbocycles. The van der Waals surface area contributed by atoms with Crippen molar-refractivity contribution in [1.82, 2.24) is 0 Å². The second-order valence-corrected chi connectivity index (χ2v) is 7.70. The molecule has 29 heavy (non-hydrogen) atoms. The summed E-state index contributed by atoms with van der Waals surface area (Å²) in [6.45, 7) is 6.45. The molecule has 0 N–H and O–H groups in total. The molecule has 0 radical (unpaired) electrons. The second-order valence-electron chi connectivity index (χ2n) is 7.70. The number of benzene rings is 4. The zero-order chi connectivity index (χ0) is 20.0. The third-order valence-corrected chi connectivity index (χ3v) is 5.48. The Morgan fingerprint density at radius 3 is 1.66 bits per heavy atom. The predicted molar refractivity (Wildman–Crippen MR) is 123 cm³/mol. The number of para-hydroxylation sites is 2. The van der Waals surface area contributed by atoms with E-state index in [0.717, 1.165) is 28.2 Å². The summed E-state index contributed by atoms with van der Waals surface area (Å²) in [5, 5.41) is 2.43. The van der Waals surface area contributed by atoms with Crippen LogP contribution in [-0.4, -0.2) is 0 Å². The van der Waals surface area contributed by atoms with Crippen LogP contribution < -0.4 is 4.90 Å². The highest BCUT2D eigenvalue weighted by atomic mass is 16.3. The van der Waals surface area contributed by atoms with Gasteiger partial charge in [0, 0.05) is 28.2 Å². The van der Waals surface area contributed by atoms with Crippen LogP contribution in [0.5, 0.6) is 0 Å². The molecule has 0 spiro atoms. The van der Waals surface area contributed by atoms with Crippen molar-refractivity contribution in [1.29, 1.82) is 0 Å². The summed E-state index contributed by atoms with van der Waals surface area (Å²) in [5.74, 6) is 0. The van der Waals surface area contributed by atoms with E-state index in [1.54, 1.807) is 0 Å². The quantitative estimate of drug-likeness (QED) is 0.317. The second kappa shape index (κ2) is 6.82. The Kier molecular flexibility index (Phi) is 4.13. The molecule has 0 saturated heterocycles. The largest absolute Gasteiger partial charge is 0.456 e. The van der Waals surface area contributed by atoms with E-state index in [9.17, 15) is 0 Å². The Bertz CT molecular complexity index is 1280. The number of anilines is 3. The highest BCUT2D eigenvalue weighted by Crippen LogP contribution is 2.40. The van der Waals surface area contributed by atoms with E-state index in [1.807, 2.05) is 12.1 Å². The van der Waals surface area contributed by atoms with Crippen molar-refractivity contribution in [3.63, 3.8) is 0 Å². The molecule has 5 aromatic rings. The average molecular weight is 377 g/mol. The van der Waals surface area contributed by atoms with E-state index >= 15 is 0 Å². The highest BCUT2D eigenvalue weighted by Gasteiger charge is 2.17. The number of furan rings is 1. The lowest BCUT2D eigenvalue weighted by atomic mass is 10.0. The molecule has 0 aliphatic rings. The van der Waals surface area contributed by atoms with Gasteiger partial charge in [-0.2, -0.15) is 0 Å². The van der Waals surface area contributed by atoms with Crippen LogP contribution in [0.3, 0.4) is 0 Å². The lowest BCUT2D eigenvalue weighted by Gasteiger charge is -2.25. The first-order valence-electron chi connectivity index (χ1n) is 9.96. The van der Waals surface area contributed by atoms with Crippen LogP contribution in [0.2, 0.25) is 0 Å². The molecule has 0 unspecified atom stereocenters. The van der Waals surface area contributed by atoms with Crippen molar-refractivity contribution in [3.8, 4) is 0 Å². The molecule has 0 fully saturated rings. The maximum absolute atomic E-state index is 6.33. The summed E-state index contributed by atoms with van der Waals surface area (Å²) in [6, 6.07) is 29.7. The van der Waals surface area contributed by atoms with Crippen LogP contribution in [0, 0.1) is 20.8 Å². The Morgan fingerprint density at radius 1 is 0.552 bits per heavy atom. The van der Waals surface area contributed by atoms with E-state index in [-0.39, 0.29) is 0 Å². The molecular formula is C27H23NO. The number of hydrogen-bond acceptors (Lipinski definition) is 2. The van der Waals surface area contributed by atoms with Gasteiger partial charge in [0.25, 0.3) is 0 Å². The van der Waals surface area contributed by atoms with E-state index in [2.05, 4.69) is 98.5 Å². The van der Waals surface area contributed by atoms with Gasteiger partial charge in [0.1, 0.15) is 11.2 Å². The van der Waals surface area contributed by atoms with Crippen LogP contribution >= 0.6 is 0 Å². The Balaban J connectivity index is 1.78. The SMILES string of the molecule is Cc1cc(C)c2c(c1)oc1cc(N(c3ccccc3)c3ccccc3)cc(C)c12. The molecule has 1 aromatic heterocycles. The fourth-order valence-electron chi connectivity index (χ4n) is 4.32. The molecule has 142 valence electrons. The number of nitrogens with zero attached hydrogens (tertiary/aromatic N) is 1. The molecule has 0 atom stereocenters. The molecule has 0 aliphatic carbocycles. The molecule has 1 heterocycles. The van der Waals surface area contributed by atoms with Gasteiger partial charge in [-0.05, 0) is 73.9 Å². The third kappa shape index (κ3) is 2.98. The lowest BCUT2D eigenvalue weighted by Crippen LogP contribution is -2.09. The molecule has 5 rings (SSSR count). The van der Waals surface area contributed by atoms with Gasteiger partial charge in [0.05, 0.1) is 5.69 Å². The zero-order valence-electron chi connectivity index (χ0n) is 16.9. The third-order valence-electron chi connectivity index (χ3n) is 5.48. The summed E-state index contributed by atoms with van der Waals surface area (Å²) in [5.41, 5.74) is 8.95. The first-order chi connectivity index (χ1) is 14.1. The van der Waals surface area contributed by atoms with Crippen LogP contribution in [0.4, 0.5) is 17.1 Å². The molecule has 0 amide bonds. The molecular weight excluding hydrogens is 354 g/mol. The Labute approximate surface area is 171 Å².